The van der Waals surface area contributed by atoms with Gasteiger partial charge in [0, 0.05) is 17.7 Å². The van der Waals surface area contributed by atoms with Crippen molar-refractivity contribution < 1.29 is 14.2 Å². The molecule has 0 heterocycles. The first kappa shape index (κ1) is 18.5. The van der Waals surface area contributed by atoms with Crippen LogP contribution in [0.25, 0.3) is 11.1 Å². The van der Waals surface area contributed by atoms with Crippen molar-refractivity contribution in [1.82, 2.24) is 0 Å². The third-order valence-corrected chi connectivity index (χ3v) is 4.52. The number of benzene rings is 2. The highest BCUT2D eigenvalue weighted by molar-refractivity contribution is 6.34. The zero-order valence-electron chi connectivity index (χ0n) is 15.0. The van der Waals surface area contributed by atoms with Crippen LogP contribution in [0.5, 0.6) is 17.2 Å². The van der Waals surface area contributed by atoms with Crippen molar-refractivity contribution in [3.05, 3.63) is 40.4 Å². The van der Waals surface area contributed by atoms with Crippen molar-refractivity contribution in [2.75, 3.05) is 21.3 Å². The zero-order valence-corrected chi connectivity index (χ0v) is 15.8. The first-order valence-corrected chi connectivity index (χ1v) is 8.52. The van der Waals surface area contributed by atoms with E-state index in [1.165, 1.54) is 5.56 Å². The molecule has 0 saturated carbocycles. The molecule has 0 amide bonds. The molecule has 0 N–H and O–H groups in total. The number of rotatable bonds is 7. The minimum atomic E-state index is 0.681. The topological polar surface area (TPSA) is 27.7 Å². The maximum atomic E-state index is 6.74. The van der Waals surface area contributed by atoms with Gasteiger partial charge in [0.1, 0.15) is 17.2 Å². The molecular formula is C20H25ClO3. The Morgan fingerprint density at radius 2 is 1.54 bits per heavy atom. The Labute approximate surface area is 149 Å². The van der Waals surface area contributed by atoms with Gasteiger partial charge in [0.05, 0.1) is 31.9 Å². The van der Waals surface area contributed by atoms with Crippen LogP contribution >= 0.6 is 11.6 Å². The molecule has 2 rings (SSSR count). The van der Waals surface area contributed by atoms with Crippen LogP contribution in [0.2, 0.25) is 5.02 Å². The summed E-state index contributed by atoms with van der Waals surface area (Å²) in [5.41, 5.74) is 4.11. The smallest absolute Gasteiger partial charge is 0.134 e. The van der Waals surface area contributed by atoms with E-state index >= 15 is 0 Å². The zero-order chi connectivity index (χ0) is 17.7. The maximum absolute atomic E-state index is 6.74. The number of hydrogen-bond acceptors (Lipinski definition) is 3. The molecule has 130 valence electrons. The number of aryl methyl sites for hydroxylation is 2. The summed E-state index contributed by atoms with van der Waals surface area (Å²) in [7, 11) is 4.90. The van der Waals surface area contributed by atoms with Crippen LogP contribution in [0.4, 0.5) is 0 Å². The van der Waals surface area contributed by atoms with Crippen molar-refractivity contribution in [3.63, 3.8) is 0 Å². The van der Waals surface area contributed by atoms with Crippen LogP contribution in [-0.2, 0) is 6.42 Å². The second-order valence-electron chi connectivity index (χ2n) is 5.80. The minimum Gasteiger partial charge on any atom is -0.496 e. The van der Waals surface area contributed by atoms with E-state index in [1.54, 1.807) is 21.3 Å². The SMILES string of the molecule is CCCCc1cc(C)cc(-c2c(OC)cc(OC)cc2OC)c1Cl. The Balaban J connectivity index is 2.69. The molecule has 0 radical (unpaired) electrons. The molecule has 2 aromatic carbocycles. The summed E-state index contributed by atoms with van der Waals surface area (Å²) in [6.45, 7) is 4.26. The summed E-state index contributed by atoms with van der Waals surface area (Å²) in [5, 5.41) is 0.760. The Morgan fingerprint density at radius 3 is 2.04 bits per heavy atom. The van der Waals surface area contributed by atoms with Crippen LogP contribution in [0.15, 0.2) is 24.3 Å². The fourth-order valence-corrected chi connectivity index (χ4v) is 3.14. The lowest BCUT2D eigenvalue weighted by Crippen LogP contribution is -1.98. The van der Waals surface area contributed by atoms with Gasteiger partial charge in [-0.2, -0.15) is 0 Å². The molecule has 0 unspecified atom stereocenters. The molecule has 0 spiro atoms. The molecule has 0 saturated heterocycles. The average molecular weight is 349 g/mol. The first-order valence-electron chi connectivity index (χ1n) is 8.15. The van der Waals surface area contributed by atoms with Gasteiger partial charge in [-0.1, -0.05) is 36.6 Å². The van der Waals surface area contributed by atoms with E-state index < -0.39 is 0 Å². The first-order chi connectivity index (χ1) is 11.5. The van der Waals surface area contributed by atoms with Crippen molar-refractivity contribution >= 4 is 11.6 Å². The molecular weight excluding hydrogens is 324 g/mol. The molecule has 2 aromatic rings. The fourth-order valence-electron chi connectivity index (χ4n) is 2.85. The highest BCUT2D eigenvalue weighted by Crippen LogP contribution is 2.45. The van der Waals surface area contributed by atoms with Crippen molar-refractivity contribution in [3.8, 4) is 28.4 Å². The molecule has 0 aliphatic rings. The number of ether oxygens (including phenoxy) is 3. The summed E-state index contributed by atoms with van der Waals surface area (Å²) < 4.78 is 16.5. The quantitative estimate of drug-likeness (QED) is 0.643. The Kier molecular flexibility index (Phi) is 6.38. The highest BCUT2D eigenvalue weighted by atomic mass is 35.5. The van der Waals surface area contributed by atoms with E-state index in [-0.39, 0.29) is 0 Å². The molecule has 0 aliphatic carbocycles. The average Bonchev–Trinajstić information content (AvgIpc) is 2.60. The number of unbranched alkanes of at least 4 members (excludes halogenated alkanes) is 1. The van der Waals surface area contributed by atoms with Gasteiger partial charge in [-0.25, -0.2) is 0 Å². The van der Waals surface area contributed by atoms with E-state index in [1.807, 2.05) is 12.1 Å². The second-order valence-corrected chi connectivity index (χ2v) is 6.17. The third-order valence-electron chi connectivity index (χ3n) is 4.08. The Bertz CT molecular complexity index is 685. The van der Waals surface area contributed by atoms with Gasteiger partial charge in [-0.05, 0) is 31.4 Å². The van der Waals surface area contributed by atoms with Gasteiger partial charge in [-0.15, -0.1) is 0 Å². The lowest BCUT2D eigenvalue weighted by atomic mass is 9.96. The van der Waals surface area contributed by atoms with Gasteiger partial charge in [0.2, 0.25) is 0 Å². The normalized spacial score (nSPS) is 10.6. The summed E-state index contributed by atoms with van der Waals surface area (Å²) in [6.07, 6.45) is 3.21. The fraction of sp³-hybridized carbons (Fsp3) is 0.400. The predicted octanol–water partition coefficient (Wildman–Crippen LogP) is 5.68. The summed E-state index contributed by atoms with van der Waals surface area (Å²) >= 11 is 6.74. The molecule has 4 heteroatoms. The number of hydrogen-bond donors (Lipinski definition) is 0. The molecule has 0 aromatic heterocycles. The summed E-state index contributed by atoms with van der Waals surface area (Å²) in [5.74, 6) is 2.04. The molecule has 24 heavy (non-hydrogen) atoms. The number of halogens is 1. The maximum Gasteiger partial charge on any atom is 0.134 e. The Hall–Kier alpha value is -1.87. The van der Waals surface area contributed by atoms with Crippen molar-refractivity contribution in [1.29, 1.82) is 0 Å². The lowest BCUT2D eigenvalue weighted by molar-refractivity contribution is 0.377. The van der Waals surface area contributed by atoms with Crippen LogP contribution in [0.3, 0.4) is 0 Å². The molecule has 0 aliphatic heterocycles. The minimum absolute atomic E-state index is 0.681. The molecule has 0 fully saturated rings. The molecule has 0 bridgehead atoms. The van der Waals surface area contributed by atoms with Crippen molar-refractivity contribution in [2.24, 2.45) is 0 Å². The predicted molar refractivity (Wildman–Crippen MR) is 99.9 cm³/mol. The van der Waals surface area contributed by atoms with Gasteiger partial charge in [-0.3, -0.25) is 0 Å². The van der Waals surface area contributed by atoms with Gasteiger partial charge in [0.15, 0.2) is 0 Å². The van der Waals surface area contributed by atoms with E-state index in [4.69, 9.17) is 25.8 Å². The van der Waals surface area contributed by atoms with E-state index in [0.717, 1.165) is 41.0 Å². The van der Waals surface area contributed by atoms with E-state index in [0.29, 0.717) is 17.2 Å². The third kappa shape index (κ3) is 3.78. The van der Waals surface area contributed by atoms with Crippen LogP contribution < -0.4 is 14.2 Å². The monoisotopic (exact) mass is 348 g/mol. The van der Waals surface area contributed by atoms with Crippen LogP contribution in [-0.4, -0.2) is 21.3 Å². The largest absolute Gasteiger partial charge is 0.496 e. The number of methoxy groups -OCH3 is 3. The van der Waals surface area contributed by atoms with Gasteiger partial charge in [0.25, 0.3) is 0 Å². The summed E-state index contributed by atoms with van der Waals surface area (Å²) in [6, 6.07) is 7.93. The van der Waals surface area contributed by atoms with Crippen LogP contribution in [0.1, 0.15) is 30.9 Å². The van der Waals surface area contributed by atoms with Gasteiger partial charge >= 0.3 is 0 Å². The highest BCUT2D eigenvalue weighted by Gasteiger charge is 2.19. The van der Waals surface area contributed by atoms with E-state index in [9.17, 15) is 0 Å². The summed E-state index contributed by atoms with van der Waals surface area (Å²) in [4.78, 5) is 0. The van der Waals surface area contributed by atoms with Crippen LogP contribution in [0, 0.1) is 6.92 Å². The second kappa shape index (κ2) is 8.29. The van der Waals surface area contributed by atoms with Gasteiger partial charge < -0.3 is 14.2 Å². The van der Waals surface area contributed by atoms with Crippen molar-refractivity contribution in [2.45, 2.75) is 33.1 Å². The molecule has 0 atom stereocenters. The Morgan fingerprint density at radius 1 is 0.917 bits per heavy atom. The lowest BCUT2D eigenvalue weighted by Gasteiger charge is -2.18. The molecule has 3 nitrogen and oxygen atoms in total. The standard InChI is InChI=1S/C20H25ClO3/c1-6-7-8-14-9-13(2)10-16(20(14)21)19-17(23-4)11-15(22-3)12-18(19)24-5/h9-12H,6-8H2,1-5H3. The van der Waals surface area contributed by atoms with E-state index in [2.05, 4.69) is 26.0 Å².